The number of H-pyrrole nitrogens is 1. The molecule has 0 aliphatic rings. The second-order valence-corrected chi connectivity index (χ2v) is 5.41. The quantitative estimate of drug-likeness (QED) is 0.739. The lowest BCUT2D eigenvalue weighted by Gasteiger charge is -2.19. The second kappa shape index (κ2) is 5.95. The molecule has 0 amide bonds. The molecule has 2 N–H and O–H groups in total. The number of pyridine rings is 1. The molecule has 0 aromatic carbocycles. The fraction of sp³-hybridized carbons (Fsp3) is 0.500. The van der Waals surface area contributed by atoms with Gasteiger partial charge in [-0.3, -0.25) is 4.79 Å². The van der Waals surface area contributed by atoms with Crippen molar-refractivity contribution in [3.8, 4) is 0 Å². The number of rotatable bonds is 6. The van der Waals surface area contributed by atoms with E-state index in [0.29, 0.717) is 6.42 Å². The Hall–Kier alpha value is -1.18. The number of hydrogen-bond acceptors (Lipinski definition) is 4. The predicted octanol–water partition coefficient (Wildman–Crippen LogP) is -0.232. The maximum absolute atomic E-state index is 12.1. The van der Waals surface area contributed by atoms with Crippen LogP contribution in [0.15, 0.2) is 28.2 Å². The van der Waals surface area contributed by atoms with Crippen molar-refractivity contribution in [3.05, 3.63) is 28.7 Å². The van der Waals surface area contributed by atoms with Crippen LogP contribution in [-0.2, 0) is 10.0 Å². The lowest BCUT2D eigenvalue weighted by atomic mass is 10.5. The molecule has 0 spiro atoms. The van der Waals surface area contributed by atoms with Gasteiger partial charge in [0.25, 0.3) is 0 Å². The molecule has 1 rings (SSSR count). The largest absolute Gasteiger partial charge is 0.395 e. The molecule has 0 saturated heterocycles. The van der Waals surface area contributed by atoms with Gasteiger partial charge >= 0.3 is 0 Å². The zero-order chi connectivity index (χ0) is 12.9. The van der Waals surface area contributed by atoms with Crippen LogP contribution in [0.1, 0.15) is 13.3 Å². The van der Waals surface area contributed by atoms with Crippen LogP contribution in [-0.4, -0.2) is 42.5 Å². The molecule has 17 heavy (non-hydrogen) atoms. The van der Waals surface area contributed by atoms with Crippen molar-refractivity contribution < 1.29 is 13.5 Å². The van der Waals surface area contributed by atoms with Gasteiger partial charge in [0.15, 0.2) is 0 Å². The average molecular weight is 260 g/mol. The molecule has 6 nitrogen and oxygen atoms in total. The van der Waals surface area contributed by atoms with Crippen LogP contribution in [0.5, 0.6) is 0 Å². The summed E-state index contributed by atoms with van der Waals surface area (Å²) in [5, 5.41) is 8.85. The molecular weight excluding hydrogens is 244 g/mol. The Balaban J connectivity index is 3.17. The van der Waals surface area contributed by atoms with Crippen LogP contribution >= 0.6 is 0 Å². The van der Waals surface area contributed by atoms with Crippen LogP contribution in [0, 0.1) is 0 Å². The number of nitrogens with one attached hydrogen (secondary N) is 1. The first-order valence-corrected chi connectivity index (χ1v) is 6.76. The van der Waals surface area contributed by atoms with E-state index in [1.165, 1.54) is 6.20 Å². The summed E-state index contributed by atoms with van der Waals surface area (Å²) in [7, 11) is -3.83. The monoisotopic (exact) mass is 260 g/mol. The van der Waals surface area contributed by atoms with E-state index >= 15 is 0 Å². The van der Waals surface area contributed by atoms with Gasteiger partial charge in [0.2, 0.25) is 15.5 Å². The van der Waals surface area contributed by atoms with Gasteiger partial charge in [-0.2, -0.15) is 4.31 Å². The summed E-state index contributed by atoms with van der Waals surface area (Å²) in [5.74, 6) is 0. The first kappa shape index (κ1) is 13.9. The number of aliphatic hydroxyl groups excluding tert-OH is 1. The summed E-state index contributed by atoms with van der Waals surface area (Å²) in [5.41, 5.74) is -0.553. The van der Waals surface area contributed by atoms with Crippen molar-refractivity contribution in [1.82, 2.24) is 9.29 Å². The minimum atomic E-state index is -3.83. The highest BCUT2D eigenvalue weighted by Crippen LogP contribution is 2.10. The zero-order valence-corrected chi connectivity index (χ0v) is 10.4. The van der Waals surface area contributed by atoms with Crippen molar-refractivity contribution >= 4 is 10.0 Å². The minimum Gasteiger partial charge on any atom is -0.395 e. The molecule has 1 heterocycles. The highest BCUT2D eigenvalue weighted by molar-refractivity contribution is 7.89. The van der Waals surface area contributed by atoms with Gasteiger partial charge < -0.3 is 10.1 Å². The maximum Gasteiger partial charge on any atom is 0.248 e. The smallest absolute Gasteiger partial charge is 0.248 e. The molecule has 0 radical (unpaired) electrons. The SMILES string of the molecule is CCCN(CCO)S(=O)(=O)c1c[nH]ccc1=O. The van der Waals surface area contributed by atoms with Crippen LogP contribution in [0.4, 0.5) is 0 Å². The van der Waals surface area contributed by atoms with E-state index in [-0.39, 0.29) is 24.6 Å². The lowest BCUT2D eigenvalue weighted by Crippen LogP contribution is -2.36. The van der Waals surface area contributed by atoms with E-state index in [4.69, 9.17) is 5.11 Å². The van der Waals surface area contributed by atoms with Crippen molar-refractivity contribution in [3.63, 3.8) is 0 Å². The summed E-state index contributed by atoms with van der Waals surface area (Å²) < 4.78 is 25.4. The number of sulfonamides is 1. The summed E-state index contributed by atoms with van der Waals surface area (Å²) in [6.07, 6.45) is 3.15. The van der Waals surface area contributed by atoms with E-state index in [2.05, 4.69) is 4.98 Å². The number of aliphatic hydroxyl groups is 1. The highest BCUT2D eigenvalue weighted by Gasteiger charge is 2.25. The number of hydrogen-bond donors (Lipinski definition) is 2. The van der Waals surface area contributed by atoms with Gasteiger partial charge in [-0.15, -0.1) is 0 Å². The summed E-state index contributed by atoms with van der Waals surface area (Å²) in [6.45, 7) is 1.82. The van der Waals surface area contributed by atoms with Crippen LogP contribution in [0.25, 0.3) is 0 Å². The van der Waals surface area contributed by atoms with Gasteiger partial charge in [-0.1, -0.05) is 6.92 Å². The Morgan fingerprint density at radius 2 is 2.12 bits per heavy atom. The zero-order valence-electron chi connectivity index (χ0n) is 9.59. The maximum atomic E-state index is 12.1. The fourth-order valence-corrected chi connectivity index (χ4v) is 3.02. The Kier molecular flexibility index (Phi) is 4.86. The third kappa shape index (κ3) is 3.15. The molecule has 0 aliphatic heterocycles. The molecule has 0 saturated carbocycles. The van der Waals surface area contributed by atoms with E-state index in [0.717, 1.165) is 16.6 Å². The number of nitrogens with zero attached hydrogens (tertiary/aromatic N) is 1. The molecule has 96 valence electrons. The lowest BCUT2D eigenvalue weighted by molar-refractivity contribution is 0.253. The molecule has 0 bridgehead atoms. The van der Waals surface area contributed by atoms with E-state index in [1.807, 2.05) is 6.92 Å². The molecule has 0 aliphatic carbocycles. The number of aromatic nitrogens is 1. The van der Waals surface area contributed by atoms with Crippen molar-refractivity contribution in [2.75, 3.05) is 19.7 Å². The highest BCUT2D eigenvalue weighted by atomic mass is 32.2. The fourth-order valence-electron chi connectivity index (χ4n) is 1.45. The van der Waals surface area contributed by atoms with Gasteiger partial charge in [-0.25, -0.2) is 8.42 Å². The predicted molar refractivity (Wildman–Crippen MR) is 63.2 cm³/mol. The van der Waals surface area contributed by atoms with Crippen molar-refractivity contribution in [1.29, 1.82) is 0 Å². The standard InChI is InChI=1S/C10H16N2O4S/c1-2-5-12(6-7-13)17(15,16)10-8-11-4-3-9(10)14/h3-4,8,13H,2,5-7H2,1H3,(H,11,14). The van der Waals surface area contributed by atoms with Crippen LogP contribution in [0.2, 0.25) is 0 Å². The van der Waals surface area contributed by atoms with Crippen LogP contribution in [0.3, 0.4) is 0 Å². The molecule has 0 unspecified atom stereocenters. The van der Waals surface area contributed by atoms with Gasteiger partial charge in [0, 0.05) is 31.5 Å². The van der Waals surface area contributed by atoms with E-state index in [9.17, 15) is 13.2 Å². The Morgan fingerprint density at radius 1 is 1.41 bits per heavy atom. The van der Waals surface area contributed by atoms with Gasteiger partial charge in [-0.05, 0) is 6.42 Å². The van der Waals surface area contributed by atoms with Crippen molar-refractivity contribution in [2.24, 2.45) is 0 Å². The average Bonchev–Trinajstić information content (AvgIpc) is 2.29. The Bertz CT molecular complexity index is 503. The third-order valence-corrected chi connectivity index (χ3v) is 4.15. The summed E-state index contributed by atoms with van der Waals surface area (Å²) in [6, 6.07) is 1.16. The Morgan fingerprint density at radius 3 is 2.65 bits per heavy atom. The second-order valence-electron chi connectivity index (χ2n) is 3.50. The van der Waals surface area contributed by atoms with Gasteiger partial charge in [0.05, 0.1) is 6.61 Å². The minimum absolute atomic E-state index is 0.00942. The molecule has 0 fully saturated rings. The molecular formula is C10H16N2O4S. The first-order valence-electron chi connectivity index (χ1n) is 5.32. The first-order chi connectivity index (χ1) is 8.04. The molecule has 0 atom stereocenters. The topological polar surface area (TPSA) is 90.5 Å². The Labute approximate surface area is 100.0 Å². The molecule has 7 heteroatoms. The van der Waals surface area contributed by atoms with Gasteiger partial charge in [0.1, 0.15) is 4.90 Å². The van der Waals surface area contributed by atoms with Crippen molar-refractivity contribution in [2.45, 2.75) is 18.2 Å². The normalized spacial score (nSPS) is 11.9. The third-order valence-electron chi connectivity index (χ3n) is 2.23. The van der Waals surface area contributed by atoms with Crippen LogP contribution < -0.4 is 5.43 Å². The summed E-state index contributed by atoms with van der Waals surface area (Å²) >= 11 is 0. The summed E-state index contributed by atoms with van der Waals surface area (Å²) in [4.78, 5) is 13.8. The van der Waals surface area contributed by atoms with E-state index in [1.54, 1.807) is 0 Å². The molecule has 1 aromatic heterocycles. The molecule has 1 aromatic rings. The number of aromatic amines is 1. The van der Waals surface area contributed by atoms with E-state index < -0.39 is 15.5 Å².